The smallest absolute Gasteiger partial charge is 0.410 e. The number of nitrogens with zero attached hydrogens (tertiary/aromatic N) is 2. The highest BCUT2D eigenvalue weighted by Crippen LogP contribution is 2.32. The number of aromatic nitrogens is 1. The summed E-state index contributed by atoms with van der Waals surface area (Å²) in [6.45, 7) is 6.91. The van der Waals surface area contributed by atoms with Gasteiger partial charge in [0.1, 0.15) is 29.3 Å². The van der Waals surface area contributed by atoms with Gasteiger partial charge in [-0.15, -0.1) is 0 Å². The first-order valence-corrected chi connectivity index (χ1v) is 11.7. The Balaban J connectivity index is 1.39. The summed E-state index contributed by atoms with van der Waals surface area (Å²) in [5.41, 5.74) is 2.70. The maximum absolute atomic E-state index is 12.9. The summed E-state index contributed by atoms with van der Waals surface area (Å²) >= 11 is 0. The molecule has 0 bridgehead atoms. The fraction of sp³-hybridized carbons (Fsp3) is 0.286. The van der Waals surface area contributed by atoms with Crippen LogP contribution in [0.5, 0.6) is 5.75 Å². The van der Waals surface area contributed by atoms with Crippen LogP contribution in [-0.4, -0.2) is 27.7 Å². The molecule has 0 atom stereocenters. The lowest BCUT2D eigenvalue weighted by atomic mass is 10.0. The van der Waals surface area contributed by atoms with Crippen molar-refractivity contribution in [2.24, 2.45) is 0 Å². The molecule has 7 nitrogen and oxygen atoms in total. The van der Waals surface area contributed by atoms with E-state index in [1.54, 1.807) is 21.7 Å². The second-order valence-electron chi connectivity index (χ2n) is 9.68. The maximum Gasteiger partial charge on any atom is 0.410 e. The van der Waals surface area contributed by atoms with Crippen LogP contribution in [-0.2, 0) is 24.3 Å². The zero-order valence-electron chi connectivity index (χ0n) is 20.1. The van der Waals surface area contributed by atoms with Gasteiger partial charge < -0.3 is 18.8 Å². The van der Waals surface area contributed by atoms with Crippen LogP contribution in [0.1, 0.15) is 37.7 Å². The van der Waals surface area contributed by atoms with Crippen LogP contribution in [0.25, 0.3) is 16.7 Å². The van der Waals surface area contributed by atoms with Crippen molar-refractivity contribution in [3.63, 3.8) is 0 Å². The molecule has 0 saturated heterocycles. The van der Waals surface area contributed by atoms with Gasteiger partial charge >= 0.3 is 6.09 Å². The molecule has 5 rings (SSSR count). The fourth-order valence-corrected chi connectivity index (χ4v) is 4.21. The lowest BCUT2D eigenvalue weighted by molar-refractivity contribution is 0.0220. The fourth-order valence-electron chi connectivity index (χ4n) is 4.21. The highest BCUT2D eigenvalue weighted by molar-refractivity contribution is 5.85. The predicted molar refractivity (Wildman–Crippen MR) is 133 cm³/mol. The minimum atomic E-state index is -0.554. The van der Waals surface area contributed by atoms with E-state index in [1.165, 1.54) is 6.07 Å². The molecule has 0 fully saturated rings. The summed E-state index contributed by atoms with van der Waals surface area (Å²) in [4.78, 5) is 27.2. The lowest BCUT2D eigenvalue weighted by Gasteiger charge is -2.29. The molecule has 35 heavy (non-hydrogen) atoms. The standard InChI is InChI=1S/C28H28N2O5/c1-28(2,3)35-27(32)29-13-12-25-23(17-29)22-15-20(9-10-24(22)34-25)30-14-11-21(16-26(30)31)33-18-19-7-5-4-6-8-19/h4-11,14-16H,12-13,17-18H2,1-3H3. The van der Waals surface area contributed by atoms with Gasteiger partial charge in [0.2, 0.25) is 0 Å². The summed E-state index contributed by atoms with van der Waals surface area (Å²) in [7, 11) is 0. The number of fused-ring (bicyclic) bond motifs is 3. The average Bonchev–Trinajstić information content (AvgIpc) is 3.19. The van der Waals surface area contributed by atoms with Crippen molar-refractivity contribution in [3.8, 4) is 11.4 Å². The molecule has 0 radical (unpaired) electrons. The number of hydrogen-bond acceptors (Lipinski definition) is 5. The van der Waals surface area contributed by atoms with Crippen LogP contribution in [0.2, 0.25) is 0 Å². The zero-order valence-corrected chi connectivity index (χ0v) is 20.1. The third-order valence-corrected chi connectivity index (χ3v) is 5.89. The van der Waals surface area contributed by atoms with Crippen molar-refractivity contribution in [1.29, 1.82) is 0 Å². The Kier molecular flexibility index (Phi) is 5.84. The van der Waals surface area contributed by atoms with Gasteiger partial charge in [0.15, 0.2) is 0 Å². The quantitative estimate of drug-likeness (QED) is 0.395. The third-order valence-electron chi connectivity index (χ3n) is 5.89. The molecule has 0 aliphatic carbocycles. The van der Waals surface area contributed by atoms with E-state index in [1.807, 2.05) is 69.3 Å². The topological polar surface area (TPSA) is 73.9 Å². The molecule has 1 aliphatic heterocycles. The van der Waals surface area contributed by atoms with Crippen LogP contribution >= 0.6 is 0 Å². The molecule has 7 heteroatoms. The minimum Gasteiger partial charge on any atom is -0.489 e. The molecule has 1 amide bonds. The molecule has 1 aliphatic rings. The molecular weight excluding hydrogens is 444 g/mol. The van der Waals surface area contributed by atoms with Gasteiger partial charge in [-0.3, -0.25) is 9.36 Å². The molecule has 0 N–H and O–H groups in total. The van der Waals surface area contributed by atoms with E-state index in [0.29, 0.717) is 31.9 Å². The first kappa shape index (κ1) is 22.8. The lowest BCUT2D eigenvalue weighted by Crippen LogP contribution is -2.39. The summed E-state index contributed by atoms with van der Waals surface area (Å²) in [6.07, 6.45) is 1.99. The number of rotatable bonds is 4. The van der Waals surface area contributed by atoms with Gasteiger partial charge in [0, 0.05) is 41.9 Å². The highest BCUT2D eigenvalue weighted by Gasteiger charge is 2.29. The van der Waals surface area contributed by atoms with Gasteiger partial charge in [0.05, 0.1) is 6.54 Å². The summed E-state index contributed by atoms with van der Waals surface area (Å²) in [5.74, 6) is 1.39. The Labute approximate surface area is 203 Å². The van der Waals surface area contributed by atoms with Gasteiger partial charge in [-0.2, -0.15) is 0 Å². The van der Waals surface area contributed by atoms with E-state index < -0.39 is 5.60 Å². The first-order chi connectivity index (χ1) is 16.8. The van der Waals surface area contributed by atoms with Crippen LogP contribution in [0.15, 0.2) is 76.1 Å². The van der Waals surface area contributed by atoms with Gasteiger partial charge in [-0.25, -0.2) is 4.79 Å². The van der Waals surface area contributed by atoms with Crippen LogP contribution in [0.4, 0.5) is 4.79 Å². The number of furan rings is 1. The Morgan fingerprint density at radius 1 is 1.06 bits per heavy atom. The van der Waals surface area contributed by atoms with Crippen molar-refractivity contribution in [3.05, 3.63) is 94.1 Å². The molecular formula is C28H28N2O5. The number of ether oxygens (including phenoxy) is 2. The maximum atomic E-state index is 12.9. The van der Waals surface area contributed by atoms with E-state index >= 15 is 0 Å². The van der Waals surface area contributed by atoms with Gasteiger partial charge in [-0.1, -0.05) is 30.3 Å². The largest absolute Gasteiger partial charge is 0.489 e. The molecule has 2 aromatic carbocycles. The average molecular weight is 473 g/mol. The second kappa shape index (κ2) is 8.98. The number of hydrogen-bond donors (Lipinski definition) is 0. The molecule has 180 valence electrons. The molecule has 0 spiro atoms. The Hall–Kier alpha value is -4.00. The van der Waals surface area contributed by atoms with Crippen molar-refractivity contribution in [2.75, 3.05) is 6.54 Å². The SMILES string of the molecule is CC(C)(C)OC(=O)N1CCc2oc3ccc(-n4ccc(OCc5ccccc5)cc4=O)cc3c2C1. The van der Waals surface area contributed by atoms with Crippen molar-refractivity contribution < 1.29 is 18.7 Å². The summed E-state index contributed by atoms with van der Waals surface area (Å²) in [6, 6.07) is 18.7. The van der Waals surface area contributed by atoms with E-state index in [9.17, 15) is 9.59 Å². The van der Waals surface area contributed by atoms with E-state index in [0.717, 1.165) is 33.5 Å². The monoisotopic (exact) mass is 472 g/mol. The van der Waals surface area contributed by atoms with Crippen molar-refractivity contribution in [1.82, 2.24) is 9.47 Å². The molecule has 2 aromatic heterocycles. The third kappa shape index (κ3) is 4.94. The van der Waals surface area contributed by atoms with Crippen LogP contribution in [0.3, 0.4) is 0 Å². The molecule has 4 aromatic rings. The zero-order chi connectivity index (χ0) is 24.6. The molecule has 0 saturated carbocycles. The Morgan fingerprint density at radius 2 is 1.86 bits per heavy atom. The van der Waals surface area contributed by atoms with Crippen molar-refractivity contribution in [2.45, 2.75) is 45.9 Å². The van der Waals surface area contributed by atoms with E-state index in [2.05, 4.69) is 0 Å². The van der Waals surface area contributed by atoms with E-state index in [-0.39, 0.29) is 11.7 Å². The number of carbonyl (C=O) groups excluding carboxylic acids is 1. The normalized spacial score (nSPS) is 13.5. The van der Waals surface area contributed by atoms with Gasteiger partial charge in [0.25, 0.3) is 5.56 Å². The van der Waals surface area contributed by atoms with Gasteiger partial charge in [-0.05, 0) is 50.6 Å². The summed E-state index contributed by atoms with van der Waals surface area (Å²) < 4.78 is 19.0. The second-order valence-corrected chi connectivity index (χ2v) is 9.68. The summed E-state index contributed by atoms with van der Waals surface area (Å²) in [5, 5.41) is 0.891. The molecule has 3 heterocycles. The Bertz CT molecular complexity index is 1430. The van der Waals surface area contributed by atoms with Crippen molar-refractivity contribution >= 4 is 17.1 Å². The minimum absolute atomic E-state index is 0.192. The number of carbonyl (C=O) groups is 1. The van der Waals surface area contributed by atoms with Crippen LogP contribution in [0, 0.1) is 0 Å². The number of pyridine rings is 1. The number of benzene rings is 2. The Morgan fingerprint density at radius 3 is 2.60 bits per heavy atom. The van der Waals surface area contributed by atoms with E-state index in [4.69, 9.17) is 13.9 Å². The first-order valence-electron chi connectivity index (χ1n) is 11.7. The van der Waals surface area contributed by atoms with Crippen LogP contribution < -0.4 is 10.3 Å². The highest BCUT2D eigenvalue weighted by atomic mass is 16.6. The predicted octanol–water partition coefficient (Wildman–Crippen LogP) is 5.46. The molecule has 0 unspecified atom stereocenters. The number of amides is 1.